The minimum Gasteiger partial charge on any atom is -0.327 e. The standard InChI is InChI=1S/C15H22BrN/c1-11(2)9-14(17)15(7-4-8-15)12-5-3-6-13(16)10-12/h3,5-6,10-11,14H,4,7-9,17H2,1-2H3. The molecule has 1 unspecified atom stereocenters. The number of nitrogens with two attached hydrogens (primary N) is 1. The van der Waals surface area contributed by atoms with Crippen molar-refractivity contribution in [2.24, 2.45) is 11.7 Å². The summed E-state index contributed by atoms with van der Waals surface area (Å²) in [5.74, 6) is 0.676. The Morgan fingerprint density at radius 2 is 2.06 bits per heavy atom. The van der Waals surface area contributed by atoms with E-state index in [0.29, 0.717) is 12.0 Å². The van der Waals surface area contributed by atoms with Crippen LogP contribution in [0.1, 0.15) is 45.1 Å². The van der Waals surface area contributed by atoms with Crippen LogP contribution in [0.5, 0.6) is 0 Å². The molecule has 17 heavy (non-hydrogen) atoms. The van der Waals surface area contributed by atoms with Crippen molar-refractivity contribution in [2.75, 3.05) is 0 Å². The van der Waals surface area contributed by atoms with E-state index in [0.717, 1.165) is 10.9 Å². The minimum absolute atomic E-state index is 0.244. The zero-order chi connectivity index (χ0) is 12.5. The maximum atomic E-state index is 6.48. The molecule has 2 rings (SSSR count). The molecule has 1 aliphatic carbocycles. The smallest absolute Gasteiger partial charge is 0.0178 e. The van der Waals surface area contributed by atoms with Crippen LogP contribution in [0.15, 0.2) is 28.7 Å². The van der Waals surface area contributed by atoms with E-state index in [1.165, 1.54) is 24.8 Å². The average molecular weight is 296 g/mol. The van der Waals surface area contributed by atoms with Gasteiger partial charge in [-0.05, 0) is 42.9 Å². The van der Waals surface area contributed by atoms with Crippen LogP contribution in [-0.2, 0) is 5.41 Å². The molecule has 0 radical (unpaired) electrons. The molecule has 2 heteroatoms. The quantitative estimate of drug-likeness (QED) is 0.883. The molecule has 0 spiro atoms. The zero-order valence-corrected chi connectivity index (χ0v) is 12.3. The third-order valence-corrected chi connectivity index (χ3v) is 4.57. The van der Waals surface area contributed by atoms with E-state index in [4.69, 9.17) is 5.73 Å². The van der Waals surface area contributed by atoms with E-state index in [-0.39, 0.29) is 5.41 Å². The Morgan fingerprint density at radius 3 is 2.53 bits per heavy atom. The third-order valence-electron chi connectivity index (χ3n) is 4.08. The third kappa shape index (κ3) is 2.58. The van der Waals surface area contributed by atoms with Crippen LogP contribution in [0.3, 0.4) is 0 Å². The molecular weight excluding hydrogens is 274 g/mol. The van der Waals surface area contributed by atoms with Crippen molar-refractivity contribution in [1.29, 1.82) is 0 Å². The van der Waals surface area contributed by atoms with Gasteiger partial charge >= 0.3 is 0 Å². The molecule has 1 nitrogen and oxygen atoms in total. The van der Waals surface area contributed by atoms with Crippen LogP contribution >= 0.6 is 15.9 Å². The van der Waals surface area contributed by atoms with Gasteiger partial charge in [0.25, 0.3) is 0 Å². The van der Waals surface area contributed by atoms with Crippen LogP contribution in [0.25, 0.3) is 0 Å². The molecule has 1 aromatic carbocycles. The Labute approximate surface area is 113 Å². The van der Waals surface area contributed by atoms with Crippen LogP contribution in [0, 0.1) is 5.92 Å². The van der Waals surface area contributed by atoms with Gasteiger partial charge in [-0.2, -0.15) is 0 Å². The molecule has 1 atom stereocenters. The van der Waals surface area contributed by atoms with E-state index in [9.17, 15) is 0 Å². The van der Waals surface area contributed by atoms with Crippen molar-refractivity contribution in [2.45, 2.75) is 51.0 Å². The van der Waals surface area contributed by atoms with Crippen LogP contribution in [0.4, 0.5) is 0 Å². The lowest BCUT2D eigenvalue weighted by Gasteiger charge is -2.47. The van der Waals surface area contributed by atoms with Crippen molar-refractivity contribution in [3.8, 4) is 0 Å². The Bertz CT molecular complexity index is 382. The maximum Gasteiger partial charge on any atom is 0.0178 e. The summed E-state index contributed by atoms with van der Waals surface area (Å²) in [6.45, 7) is 4.51. The number of hydrogen-bond acceptors (Lipinski definition) is 1. The molecule has 2 N–H and O–H groups in total. The van der Waals surface area contributed by atoms with Crippen molar-refractivity contribution in [3.05, 3.63) is 34.3 Å². The molecular formula is C15H22BrN. The van der Waals surface area contributed by atoms with E-state index in [2.05, 4.69) is 54.0 Å². The predicted molar refractivity (Wildman–Crippen MR) is 77.1 cm³/mol. The lowest BCUT2D eigenvalue weighted by atomic mass is 9.59. The van der Waals surface area contributed by atoms with Gasteiger partial charge in [0.15, 0.2) is 0 Å². The fourth-order valence-electron chi connectivity index (χ4n) is 2.96. The predicted octanol–water partition coefficient (Wildman–Crippen LogP) is 4.24. The van der Waals surface area contributed by atoms with Crippen LogP contribution in [-0.4, -0.2) is 6.04 Å². The number of rotatable bonds is 4. The van der Waals surface area contributed by atoms with Gasteiger partial charge in [0.05, 0.1) is 0 Å². The SMILES string of the molecule is CC(C)CC(N)C1(c2cccc(Br)c2)CCC1. The number of halogens is 1. The highest BCUT2D eigenvalue weighted by atomic mass is 79.9. The molecule has 0 aliphatic heterocycles. The minimum atomic E-state index is 0.244. The molecule has 1 aliphatic rings. The summed E-state index contributed by atoms with van der Waals surface area (Å²) >= 11 is 3.57. The highest BCUT2D eigenvalue weighted by molar-refractivity contribution is 9.10. The van der Waals surface area contributed by atoms with E-state index < -0.39 is 0 Å². The molecule has 0 bridgehead atoms. The maximum absolute atomic E-state index is 6.48. The summed E-state index contributed by atoms with van der Waals surface area (Å²) in [4.78, 5) is 0. The van der Waals surface area contributed by atoms with Gasteiger partial charge in [0.2, 0.25) is 0 Å². The average Bonchev–Trinajstić information content (AvgIpc) is 2.14. The van der Waals surface area contributed by atoms with Crippen LogP contribution < -0.4 is 5.73 Å². The zero-order valence-electron chi connectivity index (χ0n) is 10.7. The molecule has 0 amide bonds. The van der Waals surface area contributed by atoms with Gasteiger partial charge in [-0.25, -0.2) is 0 Å². The Hall–Kier alpha value is -0.340. The monoisotopic (exact) mass is 295 g/mol. The molecule has 1 saturated carbocycles. The Kier molecular flexibility index (Phi) is 3.94. The number of benzene rings is 1. The number of hydrogen-bond donors (Lipinski definition) is 1. The highest BCUT2D eigenvalue weighted by Crippen LogP contribution is 2.47. The lowest BCUT2D eigenvalue weighted by Crippen LogP contribution is -2.50. The topological polar surface area (TPSA) is 26.0 Å². The molecule has 0 heterocycles. The summed E-state index contributed by atoms with van der Waals surface area (Å²) in [7, 11) is 0. The van der Waals surface area contributed by atoms with Crippen molar-refractivity contribution in [3.63, 3.8) is 0 Å². The second-order valence-electron chi connectivity index (χ2n) is 5.76. The van der Waals surface area contributed by atoms with Crippen molar-refractivity contribution < 1.29 is 0 Å². The van der Waals surface area contributed by atoms with Crippen LogP contribution in [0.2, 0.25) is 0 Å². The summed E-state index contributed by atoms with van der Waals surface area (Å²) in [6.07, 6.45) is 4.93. The molecule has 1 aromatic rings. The first kappa shape index (κ1) is 13.1. The first-order valence-corrected chi connectivity index (χ1v) is 7.35. The largest absolute Gasteiger partial charge is 0.327 e. The molecule has 0 saturated heterocycles. The first-order valence-electron chi connectivity index (χ1n) is 6.56. The van der Waals surface area contributed by atoms with Gasteiger partial charge in [-0.15, -0.1) is 0 Å². The Morgan fingerprint density at radius 1 is 1.35 bits per heavy atom. The summed E-state index contributed by atoms with van der Waals surface area (Å²) < 4.78 is 1.16. The lowest BCUT2D eigenvalue weighted by molar-refractivity contribution is 0.178. The molecule has 1 fully saturated rings. The summed E-state index contributed by atoms with van der Waals surface area (Å²) in [6, 6.07) is 9.00. The normalized spacial score (nSPS) is 20.1. The second-order valence-corrected chi connectivity index (χ2v) is 6.67. The van der Waals surface area contributed by atoms with Gasteiger partial charge < -0.3 is 5.73 Å². The second kappa shape index (κ2) is 5.11. The fraction of sp³-hybridized carbons (Fsp3) is 0.600. The van der Waals surface area contributed by atoms with E-state index in [1.54, 1.807) is 0 Å². The highest BCUT2D eigenvalue weighted by Gasteiger charge is 2.43. The molecule has 94 valence electrons. The first-order chi connectivity index (χ1) is 8.04. The van der Waals surface area contributed by atoms with E-state index in [1.807, 2.05) is 0 Å². The van der Waals surface area contributed by atoms with Gasteiger partial charge in [-0.1, -0.05) is 48.3 Å². The summed E-state index contributed by atoms with van der Waals surface area (Å²) in [5, 5.41) is 0. The van der Waals surface area contributed by atoms with E-state index >= 15 is 0 Å². The van der Waals surface area contributed by atoms with Crippen molar-refractivity contribution >= 4 is 15.9 Å². The molecule has 0 aromatic heterocycles. The van der Waals surface area contributed by atoms with Gasteiger partial charge in [0, 0.05) is 15.9 Å². The summed E-state index contributed by atoms with van der Waals surface area (Å²) in [5.41, 5.74) is 8.15. The Balaban J connectivity index is 2.25. The van der Waals surface area contributed by atoms with Gasteiger partial charge in [0.1, 0.15) is 0 Å². The van der Waals surface area contributed by atoms with Gasteiger partial charge in [-0.3, -0.25) is 0 Å². The fourth-order valence-corrected chi connectivity index (χ4v) is 3.36. The van der Waals surface area contributed by atoms with Crippen molar-refractivity contribution in [1.82, 2.24) is 0 Å².